The number of halogens is 6. The van der Waals surface area contributed by atoms with Crippen molar-refractivity contribution in [2.45, 2.75) is 44.9 Å². The second-order valence-corrected chi connectivity index (χ2v) is 9.24. The number of carbonyl (C=O) groups excluding carboxylic acids is 1. The highest BCUT2D eigenvalue weighted by atomic mass is 35.5. The number of alkyl halides is 3. The van der Waals surface area contributed by atoms with E-state index < -0.39 is 23.7 Å². The molecule has 1 aliphatic carbocycles. The molecule has 0 aliphatic heterocycles. The first-order valence-corrected chi connectivity index (χ1v) is 11.3. The summed E-state index contributed by atoms with van der Waals surface area (Å²) in [5.74, 6) is -0.937. The average Bonchev–Trinajstić information content (AvgIpc) is 3.39. The molecule has 2 heterocycles. The van der Waals surface area contributed by atoms with E-state index >= 15 is 0 Å². The predicted molar refractivity (Wildman–Crippen MR) is 120 cm³/mol. The first-order valence-electron chi connectivity index (χ1n) is 10.1. The Morgan fingerprint density at radius 2 is 1.85 bits per heavy atom. The van der Waals surface area contributed by atoms with Gasteiger partial charge in [0.05, 0.1) is 19.0 Å². The second-order valence-electron chi connectivity index (χ2n) is 8.02. The summed E-state index contributed by atoms with van der Waals surface area (Å²) in [5.41, 5.74) is 0.205. The first kappa shape index (κ1) is 23.9. The van der Waals surface area contributed by atoms with Crippen LogP contribution in [0.2, 0.25) is 15.1 Å². The van der Waals surface area contributed by atoms with Crippen LogP contribution in [0.4, 0.5) is 19.0 Å². The van der Waals surface area contributed by atoms with E-state index in [1.165, 1.54) is 15.6 Å². The molecule has 0 bridgehead atoms. The summed E-state index contributed by atoms with van der Waals surface area (Å²) in [6.07, 6.45) is -1.39. The Morgan fingerprint density at radius 3 is 2.45 bits per heavy atom. The number of nitrogens with one attached hydrogen (secondary N) is 1. The van der Waals surface area contributed by atoms with Crippen LogP contribution in [0.15, 0.2) is 30.5 Å². The zero-order chi connectivity index (χ0) is 23.9. The zero-order valence-electron chi connectivity index (χ0n) is 17.3. The smallest absolute Gasteiger partial charge is 0.308 e. The Morgan fingerprint density at radius 1 is 1.18 bits per heavy atom. The van der Waals surface area contributed by atoms with E-state index in [1.54, 1.807) is 25.1 Å². The highest BCUT2D eigenvalue weighted by Crippen LogP contribution is 2.42. The fourth-order valence-electron chi connectivity index (χ4n) is 3.41. The number of carbonyl (C=O) groups is 1. The van der Waals surface area contributed by atoms with Crippen molar-refractivity contribution >= 4 is 46.5 Å². The molecule has 1 N–H and O–H groups in total. The maximum Gasteiger partial charge on any atom is 0.435 e. The molecule has 0 radical (unpaired) electrons. The molecular formula is C21H19Cl3F3N5O. The molecule has 1 atom stereocenters. The van der Waals surface area contributed by atoms with E-state index in [0.717, 1.165) is 18.9 Å². The Hall–Kier alpha value is -2.23. The number of nitrogens with zero attached hydrogens (tertiary/aromatic N) is 4. The topological polar surface area (TPSA) is 64.7 Å². The van der Waals surface area contributed by atoms with Gasteiger partial charge in [0.1, 0.15) is 5.02 Å². The van der Waals surface area contributed by atoms with Gasteiger partial charge < -0.3 is 5.32 Å². The lowest BCUT2D eigenvalue weighted by molar-refractivity contribution is -0.141. The van der Waals surface area contributed by atoms with Gasteiger partial charge in [-0.25, -0.2) is 0 Å². The van der Waals surface area contributed by atoms with E-state index in [0.29, 0.717) is 21.3 Å². The molecule has 1 saturated carbocycles. The summed E-state index contributed by atoms with van der Waals surface area (Å²) >= 11 is 18.6. The van der Waals surface area contributed by atoms with Crippen LogP contribution in [0.3, 0.4) is 0 Å². The third-order valence-electron chi connectivity index (χ3n) is 5.33. The van der Waals surface area contributed by atoms with Crippen molar-refractivity contribution in [3.63, 3.8) is 0 Å². The van der Waals surface area contributed by atoms with Crippen LogP contribution < -0.4 is 5.32 Å². The van der Waals surface area contributed by atoms with Crippen molar-refractivity contribution in [2.24, 2.45) is 5.92 Å². The quantitative estimate of drug-likeness (QED) is 0.400. The zero-order valence-corrected chi connectivity index (χ0v) is 19.6. The molecule has 2 aromatic heterocycles. The highest BCUT2D eigenvalue weighted by molar-refractivity contribution is 6.36. The van der Waals surface area contributed by atoms with Gasteiger partial charge in [-0.15, -0.1) is 0 Å². The molecule has 4 rings (SSSR count). The predicted octanol–water partition coefficient (Wildman–Crippen LogP) is 6.26. The second kappa shape index (κ2) is 9.19. The average molecular weight is 521 g/mol. The molecule has 33 heavy (non-hydrogen) atoms. The van der Waals surface area contributed by atoms with Crippen LogP contribution in [0.5, 0.6) is 0 Å². The number of amides is 1. The van der Waals surface area contributed by atoms with Crippen molar-refractivity contribution in [1.29, 1.82) is 0 Å². The molecular weight excluding hydrogens is 502 g/mol. The minimum absolute atomic E-state index is 0.00130. The molecule has 3 aromatic rings. The monoisotopic (exact) mass is 519 g/mol. The van der Waals surface area contributed by atoms with Crippen molar-refractivity contribution in [3.8, 4) is 0 Å². The number of benzene rings is 1. The summed E-state index contributed by atoms with van der Waals surface area (Å²) in [7, 11) is 0. The molecule has 1 aromatic carbocycles. The van der Waals surface area contributed by atoms with Crippen LogP contribution in [-0.2, 0) is 24.1 Å². The maximum absolute atomic E-state index is 13.1. The largest absolute Gasteiger partial charge is 0.435 e. The number of aromatic nitrogens is 4. The Labute approximate surface area is 202 Å². The van der Waals surface area contributed by atoms with Crippen molar-refractivity contribution in [2.75, 3.05) is 5.32 Å². The summed E-state index contributed by atoms with van der Waals surface area (Å²) in [4.78, 5) is 12.7. The SMILES string of the molecule is CC(Cn1nc(C(F)(F)F)cc1C1CC1)C(=O)Nc1nn(Cc2c(Cl)cccc2Cl)cc1Cl. The van der Waals surface area contributed by atoms with Crippen LogP contribution >= 0.6 is 34.8 Å². The molecule has 176 valence electrons. The Bertz CT molecular complexity index is 1170. The molecule has 1 aliphatic rings. The van der Waals surface area contributed by atoms with Gasteiger partial charge in [0.15, 0.2) is 11.5 Å². The van der Waals surface area contributed by atoms with Crippen molar-refractivity contribution < 1.29 is 18.0 Å². The summed E-state index contributed by atoms with van der Waals surface area (Å²) < 4.78 is 42.1. The fraction of sp³-hybridized carbons (Fsp3) is 0.381. The lowest BCUT2D eigenvalue weighted by Crippen LogP contribution is -2.26. The van der Waals surface area contributed by atoms with E-state index in [-0.39, 0.29) is 29.8 Å². The van der Waals surface area contributed by atoms with Gasteiger partial charge in [-0.1, -0.05) is 47.8 Å². The van der Waals surface area contributed by atoms with Gasteiger partial charge in [0, 0.05) is 33.4 Å². The Kier molecular flexibility index (Phi) is 6.66. The molecule has 0 saturated heterocycles. The third-order valence-corrected chi connectivity index (χ3v) is 6.32. The van der Waals surface area contributed by atoms with Gasteiger partial charge in [-0.3, -0.25) is 14.2 Å². The minimum atomic E-state index is -4.54. The van der Waals surface area contributed by atoms with Gasteiger partial charge in [0.25, 0.3) is 0 Å². The molecule has 12 heteroatoms. The number of hydrogen-bond donors (Lipinski definition) is 1. The Balaban J connectivity index is 1.45. The summed E-state index contributed by atoms with van der Waals surface area (Å²) in [5, 5.41) is 11.7. The van der Waals surface area contributed by atoms with Crippen LogP contribution in [0.1, 0.15) is 42.6 Å². The number of rotatable bonds is 7. The van der Waals surface area contributed by atoms with Crippen molar-refractivity contribution in [3.05, 3.63) is 62.5 Å². The lowest BCUT2D eigenvalue weighted by Gasteiger charge is -2.13. The maximum atomic E-state index is 13.1. The van der Waals surface area contributed by atoms with E-state index in [2.05, 4.69) is 15.5 Å². The van der Waals surface area contributed by atoms with E-state index in [9.17, 15) is 18.0 Å². The normalized spacial score (nSPS) is 15.0. The standard InChI is InChI=1S/C21H19Cl3F3N5O/c1-11(8-32-17(12-5-6-12)7-18(29-32)21(25,26)27)20(33)28-19-16(24)10-31(30-19)9-13-14(22)3-2-4-15(13)23/h2-4,7,10-12H,5-6,8-9H2,1H3,(H,28,30,33). The lowest BCUT2D eigenvalue weighted by atomic mass is 10.1. The number of anilines is 1. The van der Waals surface area contributed by atoms with Gasteiger partial charge in [-0.05, 0) is 31.0 Å². The molecule has 1 fully saturated rings. The molecule has 1 unspecified atom stereocenters. The van der Waals surface area contributed by atoms with Gasteiger partial charge in [-0.2, -0.15) is 23.4 Å². The molecule has 0 spiro atoms. The van der Waals surface area contributed by atoms with Gasteiger partial charge >= 0.3 is 6.18 Å². The van der Waals surface area contributed by atoms with E-state index in [1.807, 2.05) is 0 Å². The highest BCUT2D eigenvalue weighted by Gasteiger charge is 2.38. The van der Waals surface area contributed by atoms with Crippen LogP contribution in [-0.4, -0.2) is 25.5 Å². The molecule has 6 nitrogen and oxygen atoms in total. The fourth-order valence-corrected chi connectivity index (χ4v) is 4.13. The van der Waals surface area contributed by atoms with Crippen LogP contribution in [0, 0.1) is 5.92 Å². The third kappa shape index (κ3) is 5.47. The summed E-state index contributed by atoms with van der Waals surface area (Å²) in [6, 6.07) is 6.20. The minimum Gasteiger partial charge on any atom is -0.308 e. The van der Waals surface area contributed by atoms with Crippen molar-refractivity contribution in [1.82, 2.24) is 19.6 Å². The van der Waals surface area contributed by atoms with Gasteiger partial charge in [0.2, 0.25) is 5.91 Å². The first-order chi connectivity index (χ1) is 15.5. The summed E-state index contributed by atoms with van der Waals surface area (Å²) in [6.45, 7) is 1.85. The van der Waals surface area contributed by atoms with Crippen LogP contribution in [0.25, 0.3) is 0 Å². The van der Waals surface area contributed by atoms with E-state index in [4.69, 9.17) is 34.8 Å². The molecule has 1 amide bonds. The number of hydrogen-bond acceptors (Lipinski definition) is 3.